The molecule has 3 heterocycles. The number of nitrogens with zero attached hydrogens (tertiary/aromatic N) is 4. The molecule has 3 aromatic heterocycles. The van der Waals surface area contributed by atoms with Gasteiger partial charge in [0.1, 0.15) is 11.1 Å². The third-order valence-corrected chi connectivity index (χ3v) is 11.6. The van der Waals surface area contributed by atoms with Crippen LogP contribution in [0.2, 0.25) is 0 Å². The van der Waals surface area contributed by atoms with Gasteiger partial charge in [0.2, 0.25) is 5.91 Å². The summed E-state index contributed by atoms with van der Waals surface area (Å²) < 4.78 is 2.02. The largest absolute Gasteiger partial charge is 0.316 e. The molecule has 1 aliphatic rings. The van der Waals surface area contributed by atoms with Crippen molar-refractivity contribution in [3.05, 3.63) is 68.7 Å². The summed E-state index contributed by atoms with van der Waals surface area (Å²) in [5.41, 5.74) is 6.56. The number of thioether (sulfide) groups is 1. The fourth-order valence-corrected chi connectivity index (χ4v) is 8.53. The molecule has 0 radical (unpaired) electrons. The normalized spacial score (nSPS) is 14.8. The van der Waals surface area contributed by atoms with Gasteiger partial charge in [-0.1, -0.05) is 74.9 Å². The maximum absolute atomic E-state index is 13.1. The average Bonchev–Trinajstić information content (AvgIpc) is 3.66. The number of thiophene rings is 2. The number of aryl methyl sites for hydroxylation is 2. The van der Waals surface area contributed by atoms with E-state index in [1.54, 1.807) is 22.7 Å². The standard InChI is InChI=1S/C33H37N5OS3/c1-7-15-38-30(26-18-40-21(4)29(26)22-11-9-20(3)10-12-22)36-37-32(38)41-19-28(39)35-31-25(17-34)24-14-13-23(16-27(24)42-31)33(5,6)8-2/h7,9-12,18,23H,1,8,13-16,19H2,2-6H3,(H,35,39). The van der Waals surface area contributed by atoms with Crippen LogP contribution in [0.15, 0.2) is 47.5 Å². The fourth-order valence-electron chi connectivity index (χ4n) is 5.63. The maximum atomic E-state index is 13.1. The molecule has 0 aliphatic heterocycles. The van der Waals surface area contributed by atoms with Gasteiger partial charge in [-0.3, -0.25) is 9.36 Å². The van der Waals surface area contributed by atoms with E-state index in [9.17, 15) is 10.1 Å². The van der Waals surface area contributed by atoms with Gasteiger partial charge in [-0.15, -0.1) is 39.4 Å². The molecular weight excluding hydrogens is 579 g/mol. The van der Waals surface area contributed by atoms with E-state index in [0.717, 1.165) is 53.8 Å². The van der Waals surface area contributed by atoms with Gasteiger partial charge >= 0.3 is 0 Å². The molecule has 1 aromatic carbocycles. The second kappa shape index (κ2) is 12.6. The summed E-state index contributed by atoms with van der Waals surface area (Å²) >= 11 is 4.62. The highest BCUT2D eigenvalue weighted by Gasteiger charge is 2.34. The van der Waals surface area contributed by atoms with Crippen LogP contribution in [0.25, 0.3) is 22.5 Å². The summed E-state index contributed by atoms with van der Waals surface area (Å²) in [7, 11) is 0. The van der Waals surface area contributed by atoms with Crippen molar-refractivity contribution in [3.8, 4) is 28.6 Å². The molecule has 6 nitrogen and oxygen atoms in total. The van der Waals surface area contributed by atoms with Crippen molar-refractivity contribution >= 4 is 45.3 Å². The summed E-state index contributed by atoms with van der Waals surface area (Å²) in [6, 6.07) is 10.9. The first-order valence-corrected chi connectivity index (χ1v) is 17.0. The number of nitriles is 1. The monoisotopic (exact) mass is 615 g/mol. The Morgan fingerprint density at radius 2 is 2.05 bits per heavy atom. The van der Waals surface area contributed by atoms with Crippen molar-refractivity contribution < 1.29 is 4.79 Å². The Labute approximate surface area is 260 Å². The third-order valence-electron chi connectivity index (χ3n) is 8.56. The summed E-state index contributed by atoms with van der Waals surface area (Å²) in [5.74, 6) is 1.37. The van der Waals surface area contributed by atoms with Gasteiger partial charge in [-0.2, -0.15) is 5.26 Å². The first-order chi connectivity index (χ1) is 20.2. The van der Waals surface area contributed by atoms with Crippen LogP contribution >= 0.6 is 34.4 Å². The number of allylic oxidation sites excluding steroid dienone is 1. The first kappa shape index (κ1) is 30.3. The number of benzene rings is 1. The average molecular weight is 616 g/mol. The lowest BCUT2D eigenvalue weighted by Gasteiger charge is -2.36. The lowest BCUT2D eigenvalue weighted by molar-refractivity contribution is -0.113. The van der Waals surface area contributed by atoms with Crippen molar-refractivity contribution in [2.24, 2.45) is 11.3 Å². The van der Waals surface area contributed by atoms with Crippen LogP contribution in [0.3, 0.4) is 0 Å². The Kier molecular flexibility index (Phi) is 9.07. The summed E-state index contributed by atoms with van der Waals surface area (Å²) in [6.45, 7) is 15.6. The fraction of sp³-hybridized carbons (Fsp3) is 0.394. The number of anilines is 1. The van der Waals surface area contributed by atoms with Gasteiger partial charge in [0, 0.05) is 32.8 Å². The third kappa shape index (κ3) is 5.98. The lowest BCUT2D eigenvalue weighted by atomic mass is 9.69. The number of fused-ring (bicyclic) bond motifs is 1. The Balaban J connectivity index is 1.33. The summed E-state index contributed by atoms with van der Waals surface area (Å²) in [4.78, 5) is 15.6. The van der Waals surface area contributed by atoms with E-state index >= 15 is 0 Å². The highest BCUT2D eigenvalue weighted by atomic mass is 32.2. The molecule has 0 spiro atoms. The van der Waals surface area contributed by atoms with E-state index in [0.29, 0.717) is 28.2 Å². The predicted molar refractivity (Wildman–Crippen MR) is 176 cm³/mol. The number of rotatable bonds is 10. The SMILES string of the molecule is C=CCn1c(SCC(=O)Nc2sc3c(c2C#N)CCC(C(C)(C)CC)C3)nnc1-c1csc(C)c1-c1ccc(C)cc1. The summed E-state index contributed by atoms with van der Waals surface area (Å²) in [6.07, 6.45) is 5.90. The van der Waals surface area contributed by atoms with E-state index in [4.69, 9.17) is 0 Å². The Morgan fingerprint density at radius 1 is 1.29 bits per heavy atom. The number of nitrogens with one attached hydrogen (secondary N) is 1. The van der Waals surface area contributed by atoms with Crippen LogP contribution in [-0.2, 0) is 24.2 Å². The van der Waals surface area contributed by atoms with Gasteiger partial charge in [0.05, 0.1) is 11.3 Å². The van der Waals surface area contributed by atoms with E-state index in [1.807, 2.05) is 10.6 Å². The van der Waals surface area contributed by atoms with E-state index in [2.05, 4.69) is 92.4 Å². The Hall–Kier alpha value is -3.19. The second-order valence-corrected chi connectivity index (χ2v) is 14.7. The van der Waals surface area contributed by atoms with E-state index < -0.39 is 0 Å². The minimum Gasteiger partial charge on any atom is -0.316 e. The molecule has 1 aliphatic carbocycles. The van der Waals surface area contributed by atoms with E-state index in [-0.39, 0.29) is 17.1 Å². The van der Waals surface area contributed by atoms with Crippen LogP contribution in [0, 0.1) is 36.5 Å². The molecule has 5 rings (SSSR count). The van der Waals surface area contributed by atoms with Gasteiger partial charge in [-0.05, 0) is 55.6 Å². The molecular formula is C33H37N5OS3. The van der Waals surface area contributed by atoms with Crippen LogP contribution in [0.4, 0.5) is 5.00 Å². The quantitative estimate of drug-likeness (QED) is 0.143. The molecule has 218 valence electrons. The van der Waals surface area contributed by atoms with Gasteiger partial charge in [0.25, 0.3) is 0 Å². The zero-order chi connectivity index (χ0) is 30.0. The first-order valence-electron chi connectivity index (χ1n) is 14.3. The number of hydrogen-bond acceptors (Lipinski definition) is 7. The van der Waals surface area contributed by atoms with Crippen LogP contribution < -0.4 is 5.32 Å². The highest BCUT2D eigenvalue weighted by Crippen LogP contribution is 2.45. The van der Waals surface area contributed by atoms with Gasteiger partial charge < -0.3 is 5.32 Å². The Bertz CT molecular complexity index is 1650. The molecule has 1 N–H and O–H groups in total. The minimum absolute atomic E-state index is 0.151. The predicted octanol–water partition coefficient (Wildman–Crippen LogP) is 8.68. The second-order valence-electron chi connectivity index (χ2n) is 11.6. The van der Waals surface area contributed by atoms with Crippen LogP contribution in [-0.4, -0.2) is 26.4 Å². The van der Waals surface area contributed by atoms with Gasteiger partial charge in [-0.25, -0.2) is 0 Å². The molecule has 1 amide bonds. The maximum Gasteiger partial charge on any atom is 0.235 e. The van der Waals surface area contributed by atoms with Crippen molar-refractivity contribution in [1.29, 1.82) is 5.26 Å². The van der Waals surface area contributed by atoms with Gasteiger partial charge in [0.15, 0.2) is 11.0 Å². The molecule has 42 heavy (non-hydrogen) atoms. The van der Waals surface area contributed by atoms with Crippen molar-refractivity contribution in [3.63, 3.8) is 0 Å². The van der Waals surface area contributed by atoms with Crippen LogP contribution in [0.5, 0.6) is 0 Å². The molecule has 0 saturated heterocycles. The molecule has 0 bridgehead atoms. The number of amides is 1. The smallest absolute Gasteiger partial charge is 0.235 e. The Morgan fingerprint density at radius 3 is 2.74 bits per heavy atom. The minimum atomic E-state index is -0.151. The molecule has 4 aromatic rings. The van der Waals surface area contributed by atoms with E-state index in [1.165, 1.54) is 27.1 Å². The number of carbonyl (C=O) groups excluding carboxylic acids is 1. The van der Waals surface area contributed by atoms with Crippen molar-refractivity contribution in [1.82, 2.24) is 14.8 Å². The molecule has 1 atom stereocenters. The zero-order valence-corrected chi connectivity index (χ0v) is 27.4. The zero-order valence-electron chi connectivity index (χ0n) is 24.9. The van der Waals surface area contributed by atoms with Crippen LogP contribution in [0.1, 0.15) is 60.1 Å². The highest BCUT2D eigenvalue weighted by molar-refractivity contribution is 7.99. The molecule has 1 unspecified atom stereocenters. The molecule has 0 fully saturated rings. The molecule has 0 saturated carbocycles. The lowest BCUT2D eigenvalue weighted by Crippen LogP contribution is -2.28. The number of hydrogen-bond donors (Lipinski definition) is 1. The number of aromatic nitrogens is 3. The topological polar surface area (TPSA) is 83.6 Å². The van der Waals surface area contributed by atoms with Crippen molar-refractivity contribution in [2.45, 2.75) is 72.0 Å². The van der Waals surface area contributed by atoms with Crippen molar-refractivity contribution in [2.75, 3.05) is 11.1 Å². The number of carbonyl (C=O) groups is 1. The summed E-state index contributed by atoms with van der Waals surface area (Å²) in [5, 5.41) is 25.5. The molecule has 9 heteroatoms.